The number of aryl methyl sites for hydroxylation is 1. The Morgan fingerprint density at radius 3 is 2.75 bits per heavy atom. The second-order valence-corrected chi connectivity index (χ2v) is 8.14. The first-order chi connectivity index (χ1) is 11.3. The van der Waals surface area contributed by atoms with Crippen LogP contribution < -0.4 is 4.90 Å². The van der Waals surface area contributed by atoms with Gasteiger partial charge in [-0.15, -0.1) is 0 Å². The molecule has 3 aromatic rings. The molecule has 8 heteroatoms. The van der Waals surface area contributed by atoms with Crippen LogP contribution in [0.4, 0.5) is 5.69 Å². The molecule has 126 valence electrons. The number of nitrogens with zero attached hydrogens (tertiary/aromatic N) is 5. The first kappa shape index (κ1) is 16.4. The van der Waals surface area contributed by atoms with Gasteiger partial charge in [-0.3, -0.25) is 0 Å². The van der Waals surface area contributed by atoms with Gasteiger partial charge in [-0.2, -0.15) is 5.10 Å². The summed E-state index contributed by atoms with van der Waals surface area (Å²) < 4.78 is 24.4. The maximum absolute atomic E-state index is 11.3. The van der Waals surface area contributed by atoms with Crippen molar-refractivity contribution in [3.63, 3.8) is 0 Å². The minimum Gasteiger partial charge on any atom is -0.374 e. The highest BCUT2D eigenvalue weighted by atomic mass is 32.2. The molecule has 0 spiro atoms. The Labute approximate surface area is 140 Å². The van der Waals surface area contributed by atoms with E-state index in [1.54, 1.807) is 17.1 Å². The molecule has 0 aliphatic heterocycles. The molecule has 7 nitrogen and oxygen atoms in total. The van der Waals surface area contributed by atoms with Crippen molar-refractivity contribution < 1.29 is 8.42 Å². The summed E-state index contributed by atoms with van der Waals surface area (Å²) in [5.74, 6) is 0.130. The monoisotopic (exact) mass is 345 g/mol. The minimum absolute atomic E-state index is 0.130. The van der Waals surface area contributed by atoms with Crippen molar-refractivity contribution in [3.8, 4) is 5.69 Å². The van der Waals surface area contributed by atoms with Crippen molar-refractivity contribution in [1.29, 1.82) is 0 Å². The van der Waals surface area contributed by atoms with Crippen LogP contribution in [-0.4, -0.2) is 53.8 Å². The number of fused-ring (bicyclic) bond motifs is 1. The van der Waals surface area contributed by atoms with E-state index in [9.17, 15) is 8.42 Å². The van der Waals surface area contributed by atoms with Crippen molar-refractivity contribution in [2.45, 2.75) is 6.92 Å². The Morgan fingerprint density at radius 2 is 2.04 bits per heavy atom. The molecule has 0 unspecified atom stereocenters. The largest absolute Gasteiger partial charge is 0.374 e. The van der Waals surface area contributed by atoms with E-state index < -0.39 is 9.84 Å². The van der Waals surface area contributed by atoms with Gasteiger partial charge in [0, 0.05) is 31.7 Å². The Hall–Kier alpha value is -2.48. The minimum atomic E-state index is -2.98. The SMILES string of the molecule is Cc1cc(N(C)CCS(C)(=O)=O)ccc1-n1ncc2cncnc21. The lowest BCUT2D eigenvalue weighted by molar-refractivity contribution is 0.601. The smallest absolute Gasteiger partial charge is 0.166 e. The summed E-state index contributed by atoms with van der Waals surface area (Å²) in [4.78, 5) is 10.2. The third kappa shape index (κ3) is 3.38. The molecule has 0 saturated carbocycles. The van der Waals surface area contributed by atoms with Gasteiger partial charge in [0.05, 0.1) is 23.0 Å². The van der Waals surface area contributed by atoms with Crippen molar-refractivity contribution in [3.05, 3.63) is 42.5 Å². The molecular formula is C16H19N5O2S. The molecule has 24 heavy (non-hydrogen) atoms. The van der Waals surface area contributed by atoms with E-state index in [-0.39, 0.29) is 5.75 Å². The standard InChI is InChI=1S/C16H19N5O2S/c1-12-8-14(20(2)6-7-24(3,22)23)4-5-15(12)21-16-13(10-19-21)9-17-11-18-16/h4-5,8-11H,6-7H2,1-3H3. The zero-order chi connectivity index (χ0) is 17.3. The molecule has 2 aromatic heterocycles. The number of hydrogen-bond acceptors (Lipinski definition) is 6. The fourth-order valence-electron chi connectivity index (χ4n) is 2.50. The Kier molecular flexibility index (Phi) is 4.23. The topological polar surface area (TPSA) is 81.0 Å². The van der Waals surface area contributed by atoms with Crippen molar-refractivity contribution >= 4 is 26.6 Å². The number of aromatic nitrogens is 4. The number of benzene rings is 1. The van der Waals surface area contributed by atoms with Crippen molar-refractivity contribution in [1.82, 2.24) is 19.7 Å². The molecule has 1 aromatic carbocycles. The summed E-state index contributed by atoms with van der Waals surface area (Å²) in [5.41, 5.74) is 3.68. The maximum atomic E-state index is 11.3. The fraction of sp³-hybridized carbons (Fsp3) is 0.312. The van der Waals surface area contributed by atoms with Gasteiger partial charge in [0.1, 0.15) is 16.2 Å². The summed E-state index contributed by atoms with van der Waals surface area (Å²) in [6, 6.07) is 5.95. The van der Waals surface area contributed by atoms with Gasteiger partial charge in [0.25, 0.3) is 0 Å². The van der Waals surface area contributed by atoms with Crippen LogP contribution in [-0.2, 0) is 9.84 Å². The van der Waals surface area contributed by atoms with Crippen LogP contribution >= 0.6 is 0 Å². The lowest BCUT2D eigenvalue weighted by Crippen LogP contribution is -2.24. The third-order valence-electron chi connectivity index (χ3n) is 3.88. The highest BCUT2D eigenvalue weighted by molar-refractivity contribution is 7.90. The van der Waals surface area contributed by atoms with E-state index in [2.05, 4.69) is 15.1 Å². The second kappa shape index (κ2) is 6.20. The summed E-state index contributed by atoms with van der Waals surface area (Å²) in [5, 5.41) is 5.27. The molecule has 0 N–H and O–H groups in total. The molecule has 2 heterocycles. The fourth-order valence-corrected chi connectivity index (χ4v) is 3.10. The molecule has 0 fully saturated rings. The predicted molar refractivity (Wildman–Crippen MR) is 94.4 cm³/mol. The number of rotatable bonds is 5. The normalized spacial score (nSPS) is 11.8. The number of anilines is 1. The predicted octanol–water partition coefficient (Wildman–Crippen LogP) is 1.60. The summed E-state index contributed by atoms with van der Waals surface area (Å²) >= 11 is 0. The Bertz CT molecular complexity index is 981. The van der Waals surface area contributed by atoms with Crippen LogP contribution in [0.1, 0.15) is 5.56 Å². The highest BCUT2D eigenvalue weighted by Crippen LogP contribution is 2.23. The summed E-state index contributed by atoms with van der Waals surface area (Å²) in [6.07, 6.45) is 6.22. The van der Waals surface area contributed by atoms with E-state index in [4.69, 9.17) is 0 Å². The average molecular weight is 345 g/mol. The zero-order valence-corrected chi connectivity index (χ0v) is 14.7. The van der Waals surface area contributed by atoms with E-state index >= 15 is 0 Å². The van der Waals surface area contributed by atoms with Crippen molar-refractivity contribution in [2.24, 2.45) is 0 Å². The quantitative estimate of drug-likeness (QED) is 0.699. The van der Waals surface area contributed by atoms with Gasteiger partial charge in [0.15, 0.2) is 5.65 Å². The van der Waals surface area contributed by atoms with E-state index in [1.165, 1.54) is 12.6 Å². The molecule has 0 radical (unpaired) electrons. The van der Waals surface area contributed by atoms with E-state index in [0.29, 0.717) is 6.54 Å². The van der Waals surface area contributed by atoms with Crippen LogP contribution in [0, 0.1) is 6.92 Å². The Balaban J connectivity index is 1.90. The number of sulfone groups is 1. The molecule has 0 aliphatic carbocycles. The highest BCUT2D eigenvalue weighted by Gasteiger charge is 2.11. The third-order valence-corrected chi connectivity index (χ3v) is 4.80. The molecule has 0 aliphatic rings. The second-order valence-electron chi connectivity index (χ2n) is 5.88. The molecule has 0 saturated heterocycles. The Morgan fingerprint density at radius 1 is 1.25 bits per heavy atom. The maximum Gasteiger partial charge on any atom is 0.166 e. The van der Waals surface area contributed by atoms with E-state index in [0.717, 1.165) is 28.0 Å². The van der Waals surface area contributed by atoms with E-state index in [1.807, 2.05) is 37.1 Å². The lowest BCUT2D eigenvalue weighted by Gasteiger charge is -2.20. The lowest BCUT2D eigenvalue weighted by atomic mass is 10.1. The van der Waals surface area contributed by atoms with Gasteiger partial charge in [-0.05, 0) is 30.7 Å². The van der Waals surface area contributed by atoms with Gasteiger partial charge in [-0.1, -0.05) is 0 Å². The first-order valence-electron chi connectivity index (χ1n) is 7.49. The van der Waals surface area contributed by atoms with Gasteiger partial charge in [0.2, 0.25) is 0 Å². The van der Waals surface area contributed by atoms with Gasteiger partial charge < -0.3 is 4.90 Å². The molecule has 0 atom stereocenters. The van der Waals surface area contributed by atoms with Crippen LogP contribution in [0.15, 0.2) is 36.9 Å². The van der Waals surface area contributed by atoms with Crippen LogP contribution in [0.3, 0.4) is 0 Å². The first-order valence-corrected chi connectivity index (χ1v) is 9.55. The van der Waals surface area contributed by atoms with Crippen LogP contribution in [0.5, 0.6) is 0 Å². The number of hydrogen-bond donors (Lipinski definition) is 0. The van der Waals surface area contributed by atoms with Crippen LogP contribution in [0.25, 0.3) is 16.7 Å². The average Bonchev–Trinajstić information content (AvgIpc) is 2.95. The summed E-state index contributed by atoms with van der Waals surface area (Å²) in [6.45, 7) is 2.45. The molecule has 0 amide bonds. The zero-order valence-electron chi connectivity index (χ0n) is 13.8. The summed E-state index contributed by atoms with van der Waals surface area (Å²) in [7, 11) is -1.09. The van der Waals surface area contributed by atoms with Crippen LogP contribution in [0.2, 0.25) is 0 Å². The van der Waals surface area contributed by atoms with Gasteiger partial charge in [-0.25, -0.2) is 23.1 Å². The molecular weight excluding hydrogens is 326 g/mol. The molecule has 0 bridgehead atoms. The van der Waals surface area contributed by atoms with Gasteiger partial charge >= 0.3 is 0 Å². The van der Waals surface area contributed by atoms with Crippen molar-refractivity contribution in [2.75, 3.05) is 30.5 Å². The molecule has 3 rings (SSSR count).